The third-order valence-corrected chi connectivity index (χ3v) is 2.28. The molecule has 0 aliphatic rings. The second kappa shape index (κ2) is 5.31. The smallest absolute Gasteiger partial charge is 0.137 e. The molecule has 1 heterocycles. The van der Waals surface area contributed by atoms with Crippen LogP contribution in [0, 0.1) is 0 Å². The zero-order valence-corrected chi connectivity index (χ0v) is 9.39. The zero-order valence-electron chi connectivity index (χ0n) is 9.39. The van der Waals surface area contributed by atoms with E-state index in [1.165, 1.54) is 0 Å². The summed E-state index contributed by atoms with van der Waals surface area (Å²) in [4.78, 5) is 4.38. The number of nitrogens with zero attached hydrogens (tertiary/aromatic N) is 1. The molecular formula is C14H15NO. The van der Waals surface area contributed by atoms with Gasteiger partial charge in [-0.25, -0.2) is 0 Å². The van der Waals surface area contributed by atoms with Gasteiger partial charge < -0.3 is 4.74 Å². The Morgan fingerprint density at radius 1 is 1.06 bits per heavy atom. The third-order valence-electron chi connectivity index (χ3n) is 2.28. The molecule has 0 radical (unpaired) electrons. The number of hydrogen-bond donors (Lipinski definition) is 0. The van der Waals surface area contributed by atoms with Crippen molar-refractivity contribution in [3.8, 4) is 17.0 Å². The van der Waals surface area contributed by atoms with Crippen LogP contribution in [0.2, 0.25) is 0 Å². The predicted octanol–water partition coefficient (Wildman–Crippen LogP) is 3.54. The van der Waals surface area contributed by atoms with Crippen LogP contribution in [0.3, 0.4) is 0 Å². The van der Waals surface area contributed by atoms with Crippen LogP contribution in [0.4, 0.5) is 0 Å². The van der Waals surface area contributed by atoms with E-state index in [0.717, 1.165) is 30.0 Å². The highest BCUT2D eigenvalue weighted by molar-refractivity contribution is 5.58. The fraction of sp³-hybridized carbons (Fsp3) is 0.214. The number of pyridine rings is 1. The Labute approximate surface area is 95.9 Å². The number of rotatable bonds is 4. The van der Waals surface area contributed by atoms with Crippen LogP contribution in [0.1, 0.15) is 13.3 Å². The molecule has 1 aromatic carbocycles. The van der Waals surface area contributed by atoms with E-state index in [4.69, 9.17) is 4.74 Å². The quantitative estimate of drug-likeness (QED) is 0.775. The van der Waals surface area contributed by atoms with Crippen LogP contribution >= 0.6 is 0 Å². The van der Waals surface area contributed by atoms with Crippen LogP contribution in [0.5, 0.6) is 5.75 Å². The Kier molecular flexibility index (Phi) is 3.54. The summed E-state index contributed by atoms with van der Waals surface area (Å²) >= 11 is 0. The van der Waals surface area contributed by atoms with Gasteiger partial charge in [-0.2, -0.15) is 0 Å². The van der Waals surface area contributed by atoms with Gasteiger partial charge in [-0.3, -0.25) is 4.98 Å². The van der Waals surface area contributed by atoms with Gasteiger partial charge in [-0.1, -0.05) is 37.3 Å². The van der Waals surface area contributed by atoms with Gasteiger partial charge in [0.15, 0.2) is 0 Å². The Morgan fingerprint density at radius 2 is 1.88 bits per heavy atom. The van der Waals surface area contributed by atoms with Crippen molar-refractivity contribution in [2.45, 2.75) is 13.3 Å². The van der Waals surface area contributed by atoms with Gasteiger partial charge in [-0.05, 0) is 18.6 Å². The Hall–Kier alpha value is -1.83. The molecule has 0 unspecified atom stereocenters. The lowest BCUT2D eigenvalue weighted by atomic mass is 10.1. The fourth-order valence-electron chi connectivity index (χ4n) is 1.47. The lowest BCUT2D eigenvalue weighted by molar-refractivity contribution is 0.316. The number of hydrogen-bond acceptors (Lipinski definition) is 2. The summed E-state index contributed by atoms with van der Waals surface area (Å²) in [7, 11) is 0. The molecule has 0 spiro atoms. The summed E-state index contributed by atoms with van der Waals surface area (Å²) in [5, 5.41) is 0. The highest BCUT2D eigenvalue weighted by Crippen LogP contribution is 2.18. The minimum Gasteiger partial charge on any atom is -0.492 e. The topological polar surface area (TPSA) is 22.1 Å². The summed E-state index contributed by atoms with van der Waals surface area (Å²) in [6, 6.07) is 14.1. The van der Waals surface area contributed by atoms with Gasteiger partial charge >= 0.3 is 0 Å². The first-order chi connectivity index (χ1) is 7.90. The van der Waals surface area contributed by atoms with Gasteiger partial charge in [0.2, 0.25) is 0 Å². The summed E-state index contributed by atoms with van der Waals surface area (Å²) in [6.07, 6.45) is 2.79. The third kappa shape index (κ3) is 2.60. The van der Waals surface area contributed by atoms with Gasteiger partial charge in [0.05, 0.1) is 18.5 Å². The second-order valence-electron chi connectivity index (χ2n) is 3.59. The molecule has 2 rings (SSSR count). The Bertz CT molecular complexity index is 422. The van der Waals surface area contributed by atoms with E-state index in [1.54, 1.807) is 6.20 Å². The highest BCUT2D eigenvalue weighted by atomic mass is 16.5. The second-order valence-corrected chi connectivity index (χ2v) is 3.59. The molecule has 0 aliphatic heterocycles. The van der Waals surface area contributed by atoms with Crippen molar-refractivity contribution in [2.75, 3.05) is 6.61 Å². The number of aromatic nitrogens is 1. The summed E-state index contributed by atoms with van der Waals surface area (Å²) in [5.74, 6) is 0.835. The molecule has 0 amide bonds. The molecule has 2 nitrogen and oxygen atoms in total. The normalized spacial score (nSPS) is 10.1. The maximum Gasteiger partial charge on any atom is 0.137 e. The lowest BCUT2D eigenvalue weighted by Gasteiger charge is -2.05. The van der Waals surface area contributed by atoms with E-state index in [-0.39, 0.29) is 0 Å². The molecular weight excluding hydrogens is 198 g/mol. The average Bonchev–Trinajstić information content (AvgIpc) is 2.38. The van der Waals surface area contributed by atoms with Gasteiger partial charge in [0.25, 0.3) is 0 Å². The van der Waals surface area contributed by atoms with Gasteiger partial charge in [-0.15, -0.1) is 0 Å². The number of ether oxygens (including phenoxy) is 1. The molecule has 0 fully saturated rings. The molecule has 0 atom stereocenters. The van der Waals surface area contributed by atoms with Crippen molar-refractivity contribution in [2.24, 2.45) is 0 Å². The molecule has 0 aliphatic carbocycles. The molecule has 0 N–H and O–H groups in total. The van der Waals surface area contributed by atoms with Crippen molar-refractivity contribution in [3.63, 3.8) is 0 Å². The Balaban J connectivity index is 2.13. The lowest BCUT2D eigenvalue weighted by Crippen LogP contribution is -1.95. The van der Waals surface area contributed by atoms with Crippen molar-refractivity contribution < 1.29 is 4.74 Å². The molecule has 2 aromatic rings. The van der Waals surface area contributed by atoms with E-state index >= 15 is 0 Å². The Morgan fingerprint density at radius 3 is 2.50 bits per heavy atom. The van der Waals surface area contributed by atoms with Gasteiger partial charge in [0.1, 0.15) is 5.75 Å². The SMILES string of the molecule is CCCOc1ccc(-c2ccccc2)nc1. The molecule has 2 heteroatoms. The van der Waals surface area contributed by atoms with Crippen molar-refractivity contribution in [3.05, 3.63) is 48.7 Å². The van der Waals surface area contributed by atoms with Crippen LogP contribution in [0.25, 0.3) is 11.3 Å². The monoisotopic (exact) mass is 213 g/mol. The van der Waals surface area contributed by atoms with E-state index in [9.17, 15) is 0 Å². The van der Waals surface area contributed by atoms with Crippen molar-refractivity contribution >= 4 is 0 Å². The van der Waals surface area contributed by atoms with Crippen LogP contribution in [0.15, 0.2) is 48.7 Å². The minimum atomic E-state index is 0.742. The molecule has 16 heavy (non-hydrogen) atoms. The van der Waals surface area contributed by atoms with Crippen LogP contribution in [-0.2, 0) is 0 Å². The minimum absolute atomic E-state index is 0.742. The summed E-state index contributed by atoms with van der Waals surface area (Å²) < 4.78 is 5.48. The molecule has 0 saturated carbocycles. The fourth-order valence-corrected chi connectivity index (χ4v) is 1.47. The molecule has 0 saturated heterocycles. The van der Waals surface area contributed by atoms with Crippen LogP contribution in [-0.4, -0.2) is 11.6 Å². The standard InChI is InChI=1S/C14H15NO/c1-2-10-16-13-8-9-14(15-11-13)12-6-4-3-5-7-12/h3-9,11H,2,10H2,1H3. The van der Waals surface area contributed by atoms with E-state index < -0.39 is 0 Å². The average molecular weight is 213 g/mol. The van der Waals surface area contributed by atoms with Crippen LogP contribution < -0.4 is 4.74 Å². The maximum absolute atomic E-state index is 5.48. The number of benzene rings is 1. The van der Waals surface area contributed by atoms with Crippen molar-refractivity contribution in [1.29, 1.82) is 0 Å². The van der Waals surface area contributed by atoms with E-state index in [2.05, 4.69) is 24.0 Å². The van der Waals surface area contributed by atoms with E-state index in [1.807, 2.05) is 30.3 Å². The molecule has 1 aromatic heterocycles. The summed E-state index contributed by atoms with van der Waals surface area (Å²) in [6.45, 7) is 2.83. The molecule has 82 valence electrons. The largest absolute Gasteiger partial charge is 0.492 e. The highest BCUT2D eigenvalue weighted by Gasteiger charge is 1.98. The first-order valence-corrected chi connectivity index (χ1v) is 5.54. The first-order valence-electron chi connectivity index (χ1n) is 5.54. The molecule has 0 bridgehead atoms. The summed E-state index contributed by atoms with van der Waals surface area (Å²) in [5.41, 5.74) is 2.11. The van der Waals surface area contributed by atoms with Gasteiger partial charge in [0, 0.05) is 5.56 Å². The van der Waals surface area contributed by atoms with E-state index in [0.29, 0.717) is 0 Å². The maximum atomic E-state index is 5.48. The first kappa shape index (κ1) is 10.7. The zero-order chi connectivity index (χ0) is 11.2. The van der Waals surface area contributed by atoms with Crippen molar-refractivity contribution in [1.82, 2.24) is 4.98 Å². The predicted molar refractivity (Wildman–Crippen MR) is 65.5 cm³/mol.